The maximum atomic E-state index is 12.0. The van der Waals surface area contributed by atoms with Crippen LogP contribution in [-0.4, -0.2) is 37.4 Å². The van der Waals surface area contributed by atoms with Crippen molar-refractivity contribution in [2.24, 2.45) is 7.05 Å². The quantitative estimate of drug-likeness (QED) is 0.591. The summed E-state index contributed by atoms with van der Waals surface area (Å²) in [6, 6.07) is 0. The van der Waals surface area contributed by atoms with Crippen LogP contribution in [0.4, 0.5) is 11.8 Å². The van der Waals surface area contributed by atoms with E-state index in [1.54, 1.807) is 0 Å². The zero-order chi connectivity index (χ0) is 14.2. The summed E-state index contributed by atoms with van der Waals surface area (Å²) in [6.07, 6.45) is 0. The normalized spacial score (nSPS) is 10.6. The molecule has 2 aromatic heterocycles. The maximum absolute atomic E-state index is 12.0. The molecule has 0 aliphatic rings. The van der Waals surface area contributed by atoms with Crippen molar-refractivity contribution < 1.29 is 14.6 Å². The van der Waals surface area contributed by atoms with Crippen molar-refractivity contribution in [1.82, 2.24) is 19.7 Å². The summed E-state index contributed by atoms with van der Waals surface area (Å²) in [5.41, 5.74) is 10.5. The van der Waals surface area contributed by atoms with Crippen molar-refractivity contribution in [1.29, 1.82) is 0 Å². The van der Waals surface area contributed by atoms with Crippen molar-refractivity contribution in [3.8, 4) is 5.88 Å². The Labute approximate surface area is 105 Å². The molecule has 0 spiro atoms. The van der Waals surface area contributed by atoms with Crippen LogP contribution in [0, 0.1) is 0 Å². The Morgan fingerprint density at radius 2 is 2.11 bits per heavy atom. The highest BCUT2D eigenvalue weighted by molar-refractivity contribution is 5.86. The molecule has 0 aromatic carbocycles. The summed E-state index contributed by atoms with van der Waals surface area (Å²) in [7, 11) is 1.49. The second-order valence-electron chi connectivity index (χ2n) is 3.61. The number of carbonyl (C=O) groups is 1. The van der Waals surface area contributed by atoms with E-state index in [1.165, 1.54) is 11.7 Å². The van der Waals surface area contributed by atoms with E-state index < -0.39 is 23.9 Å². The number of carboxylic acids is 1. The molecule has 0 atom stereocenters. The summed E-state index contributed by atoms with van der Waals surface area (Å²) in [5, 5.41) is 12.3. The molecule has 5 N–H and O–H groups in total. The summed E-state index contributed by atoms with van der Waals surface area (Å²) >= 11 is 0. The van der Waals surface area contributed by atoms with Crippen molar-refractivity contribution >= 4 is 28.8 Å². The number of fused-ring (bicyclic) bond motifs is 1. The van der Waals surface area contributed by atoms with Gasteiger partial charge in [-0.3, -0.25) is 4.79 Å². The van der Waals surface area contributed by atoms with E-state index in [0.29, 0.717) is 0 Å². The highest BCUT2D eigenvalue weighted by Gasteiger charge is 2.16. The van der Waals surface area contributed by atoms with E-state index in [4.69, 9.17) is 21.3 Å². The van der Waals surface area contributed by atoms with E-state index >= 15 is 0 Å². The molecule has 0 saturated carbocycles. The molecule has 0 saturated heterocycles. The Bertz CT molecular complexity index is 725. The number of rotatable bonds is 3. The van der Waals surface area contributed by atoms with Crippen LogP contribution in [0.1, 0.15) is 0 Å². The van der Waals surface area contributed by atoms with Crippen LogP contribution in [-0.2, 0) is 11.8 Å². The van der Waals surface area contributed by atoms with Crippen molar-refractivity contribution in [2.45, 2.75) is 0 Å². The van der Waals surface area contributed by atoms with Gasteiger partial charge in [0.15, 0.2) is 12.3 Å². The minimum absolute atomic E-state index is 0.0212. The molecular weight excluding hydrogens is 256 g/mol. The third-order valence-electron chi connectivity index (χ3n) is 2.24. The van der Waals surface area contributed by atoms with Crippen molar-refractivity contribution in [3.05, 3.63) is 10.2 Å². The average Bonchev–Trinajstić information content (AvgIpc) is 2.31. The van der Waals surface area contributed by atoms with Crippen LogP contribution in [0.5, 0.6) is 5.88 Å². The summed E-state index contributed by atoms with van der Waals surface area (Å²) in [5.74, 6) is -1.84. The standard InChI is InChI=1S/C9H10N6O4/c1-15-7-4(6(10)12-9(11)13-7)5(18)8(14-15)19-2-3(16)17/h2H2,1H3,(H,16,17)(H4,10,11,12,13). The lowest BCUT2D eigenvalue weighted by Gasteiger charge is -2.08. The molecule has 0 radical (unpaired) electrons. The number of aromatic nitrogens is 4. The molecule has 0 amide bonds. The van der Waals surface area contributed by atoms with Gasteiger partial charge in [0.2, 0.25) is 5.95 Å². The van der Waals surface area contributed by atoms with E-state index in [9.17, 15) is 9.59 Å². The van der Waals surface area contributed by atoms with Crippen LogP contribution < -0.4 is 21.6 Å². The van der Waals surface area contributed by atoms with Gasteiger partial charge in [0, 0.05) is 7.05 Å². The number of anilines is 2. The van der Waals surface area contributed by atoms with Crippen LogP contribution >= 0.6 is 0 Å². The monoisotopic (exact) mass is 266 g/mol. The first-order valence-corrected chi connectivity index (χ1v) is 5.04. The number of hydrogen-bond acceptors (Lipinski definition) is 8. The number of nitrogens with zero attached hydrogens (tertiary/aromatic N) is 4. The lowest BCUT2D eigenvalue weighted by Crippen LogP contribution is -2.21. The van der Waals surface area contributed by atoms with Gasteiger partial charge in [0.25, 0.3) is 11.3 Å². The first-order chi connectivity index (χ1) is 8.90. The molecule has 10 heteroatoms. The van der Waals surface area contributed by atoms with Gasteiger partial charge in [-0.25, -0.2) is 9.48 Å². The van der Waals surface area contributed by atoms with Crippen LogP contribution in [0.3, 0.4) is 0 Å². The summed E-state index contributed by atoms with van der Waals surface area (Å²) < 4.78 is 6.00. The second-order valence-corrected chi connectivity index (χ2v) is 3.61. The van der Waals surface area contributed by atoms with E-state index in [2.05, 4.69) is 15.1 Å². The van der Waals surface area contributed by atoms with Crippen molar-refractivity contribution in [3.63, 3.8) is 0 Å². The van der Waals surface area contributed by atoms with E-state index in [0.717, 1.165) is 0 Å². The number of hydrogen-bond donors (Lipinski definition) is 3. The highest BCUT2D eigenvalue weighted by atomic mass is 16.5. The van der Waals surface area contributed by atoms with E-state index in [1.807, 2.05) is 0 Å². The number of aliphatic carboxylic acids is 1. The zero-order valence-corrected chi connectivity index (χ0v) is 9.82. The fourth-order valence-corrected chi connectivity index (χ4v) is 1.50. The highest BCUT2D eigenvalue weighted by Crippen LogP contribution is 2.15. The predicted octanol–water partition coefficient (Wildman–Crippen LogP) is -1.65. The Morgan fingerprint density at radius 1 is 1.42 bits per heavy atom. The Balaban J connectivity index is 2.68. The Hall–Kier alpha value is -2.91. The molecule has 2 heterocycles. The molecule has 0 aliphatic carbocycles. The minimum Gasteiger partial charge on any atom is -0.479 e. The first-order valence-electron chi connectivity index (χ1n) is 5.04. The predicted molar refractivity (Wildman–Crippen MR) is 64.5 cm³/mol. The Kier molecular flexibility index (Phi) is 2.91. The number of ether oxygens (including phenoxy) is 1. The lowest BCUT2D eigenvalue weighted by molar-refractivity contribution is -0.139. The van der Waals surface area contributed by atoms with Gasteiger partial charge >= 0.3 is 5.97 Å². The number of nitrogen functional groups attached to an aromatic ring is 2. The van der Waals surface area contributed by atoms with Crippen LogP contribution in [0.25, 0.3) is 11.0 Å². The van der Waals surface area contributed by atoms with Crippen LogP contribution in [0.2, 0.25) is 0 Å². The first kappa shape index (κ1) is 12.5. The molecule has 10 nitrogen and oxygen atoms in total. The van der Waals surface area contributed by atoms with Crippen molar-refractivity contribution in [2.75, 3.05) is 18.1 Å². The van der Waals surface area contributed by atoms with E-state index in [-0.39, 0.29) is 22.8 Å². The minimum atomic E-state index is -1.23. The van der Waals surface area contributed by atoms with Gasteiger partial charge in [-0.2, -0.15) is 9.97 Å². The van der Waals surface area contributed by atoms with Gasteiger partial charge in [0.1, 0.15) is 11.2 Å². The van der Waals surface area contributed by atoms with Gasteiger partial charge in [0.05, 0.1) is 0 Å². The average molecular weight is 266 g/mol. The molecule has 0 aliphatic heterocycles. The third kappa shape index (κ3) is 2.22. The molecule has 2 rings (SSSR count). The molecule has 0 unspecified atom stereocenters. The van der Waals surface area contributed by atoms with Gasteiger partial charge in [-0.15, -0.1) is 5.10 Å². The summed E-state index contributed by atoms with van der Waals surface area (Å²) in [6.45, 7) is -0.691. The summed E-state index contributed by atoms with van der Waals surface area (Å²) in [4.78, 5) is 30.0. The Morgan fingerprint density at radius 3 is 2.74 bits per heavy atom. The fraction of sp³-hybridized carbons (Fsp3) is 0.222. The maximum Gasteiger partial charge on any atom is 0.341 e. The molecule has 19 heavy (non-hydrogen) atoms. The molecule has 100 valence electrons. The smallest absolute Gasteiger partial charge is 0.341 e. The lowest BCUT2D eigenvalue weighted by atomic mass is 10.3. The second kappa shape index (κ2) is 4.40. The fourth-order valence-electron chi connectivity index (χ4n) is 1.50. The number of carboxylic acid groups (broad SMARTS) is 1. The molecule has 0 bridgehead atoms. The van der Waals surface area contributed by atoms with Gasteiger partial charge in [-0.1, -0.05) is 0 Å². The molecule has 2 aromatic rings. The van der Waals surface area contributed by atoms with Crippen LogP contribution in [0.15, 0.2) is 4.79 Å². The third-order valence-corrected chi connectivity index (χ3v) is 2.24. The largest absolute Gasteiger partial charge is 0.479 e. The molecule has 0 fully saturated rings. The van der Waals surface area contributed by atoms with Gasteiger partial charge < -0.3 is 21.3 Å². The van der Waals surface area contributed by atoms with Gasteiger partial charge in [-0.05, 0) is 0 Å². The zero-order valence-electron chi connectivity index (χ0n) is 9.82. The number of aryl methyl sites for hydroxylation is 1. The molecular formula is C9H10N6O4. The topological polar surface area (TPSA) is 159 Å². The number of nitrogens with two attached hydrogens (primary N) is 2. The SMILES string of the molecule is Cn1nc(OCC(=O)O)c(=O)c2c(N)nc(N)nc21.